The molecular weight excluding hydrogens is 290 g/mol. The van der Waals surface area contributed by atoms with Crippen LogP contribution in [0.1, 0.15) is 24.1 Å². The molecule has 2 aromatic rings. The number of nitrogens with zero attached hydrogens (tertiary/aromatic N) is 2. The third-order valence-electron chi connectivity index (χ3n) is 3.99. The van der Waals surface area contributed by atoms with E-state index in [2.05, 4.69) is 10.3 Å². The summed E-state index contributed by atoms with van der Waals surface area (Å²) in [5, 5.41) is 2.89. The van der Waals surface area contributed by atoms with Gasteiger partial charge in [0.2, 0.25) is 11.8 Å². The molecule has 1 fully saturated rings. The number of pyridine rings is 1. The van der Waals surface area contributed by atoms with Crippen LogP contribution in [-0.4, -0.2) is 27.7 Å². The maximum atomic E-state index is 12.5. The van der Waals surface area contributed by atoms with Gasteiger partial charge in [0.1, 0.15) is 6.04 Å². The van der Waals surface area contributed by atoms with Gasteiger partial charge < -0.3 is 10.2 Å². The minimum absolute atomic E-state index is 0.0277. The topological polar surface area (TPSA) is 62.3 Å². The third-order valence-corrected chi connectivity index (χ3v) is 3.99. The Balaban J connectivity index is 1.72. The van der Waals surface area contributed by atoms with Crippen molar-refractivity contribution in [1.29, 1.82) is 0 Å². The average Bonchev–Trinajstić information content (AvgIpc) is 2.89. The Hall–Kier alpha value is -2.69. The van der Waals surface area contributed by atoms with E-state index in [0.29, 0.717) is 25.1 Å². The Morgan fingerprint density at radius 3 is 2.83 bits per heavy atom. The molecule has 1 saturated heterocycles. The molecule has 5 nitrogen and oxygen atoms in total. The molecule has 2 heterocycles. The van der Waals surface area contributed by atoms with E-state index < -0.39 is 6.04 Å². The molecule has 1 aliphatic rings. The number of aromatic nitrogens is 1. The minimum atomic E-state index is -0.420. The van der Waals surface area contributed by atoms with Crippen molar-refractivity contribution in [1.82, 2.24) is 9.88 Å². The highest BCUT2D eigenvalue weighted by atomic mass is 16.2. The maximum Gasteiger partial charge on any atom is 0.247 e. The summed E-state index contributed by atoms with van der Waals surface area (Å²) in [6, 6.07) is 12.9. The molecule has 1 unspecified atom stereocenters. The highest BCUT2D eigenvalue weighted by Gasteiger charge is 2.35. The van der Waals surface area contributed by atoms with Crippen LogP contribution in [-0.2, 0) is 16.1 Å². The van der Waals surface area contributed by atoms with Crippen LogP contribution >= 0.6 is 0 Å². The number of aryl methyl sites for hydroxylation is 1. The van der Waals surface area contributed by atoms with E-state index in [-0.39, 0.29) is 11.8 Å². The maximum absolute atomic E-state index is 12.5. The molecule has 0 spiro atoms. The second kappa shape index (κ2) is 6.60. The molecule has 5 heteroatoms. The zero-order valence-corrected chi connectivity index (χ0v) is 13.0. The van der Waals surface area contributed by atoms with Gasteiger partial charge in [0.25, 0.3) is 0 Å². The molecule has 0 bridgehead atoms. The van der Waals surface area contributed by atoms with Gasteiger partial charge in [-0.3, -0.25) is 14.6 Å². The summed E-state index contributed by atoms with van der Waals surface area (Å²) in [6.45, 7) is 2.34. The van der Waals surface area contributed by atoms with E-state index in [9.17, 15) is 9.59 Å². The van der Waals surface area contributed by atoms with Crippen molar-refractivity contribution in [2.75, 3.05) is 5.32 Å². The van der Waals surface area contributed by atoms with Gasteiger partial charge in [-0.15, -0.1) is 0 Å². The molecule has 0 aliphatic carbocycles. The lowest BCUT2D eigenvalue weighted by Crippen LogP contribution is -2.41. The van der Waals surface area contributed by atoms with Gasteiger partial charge in [-0.2, -0.15) is 0 Å². The van der Waals surface area contributed by atoms with Crippen LogP contribution in [0.3, 0.4) is 0 Å². The predicted octanol–water partition coefficient (Wildman–Crippen LogP) is 2.52. The second-order valence-corrected chi connectivity index (χ2v) is 5.74. The van der Waals surface area contributed by atoms with Gasteiger partial charge in [-0.05, 0) is 31.0 Å². The lowest BCUT2D eigenvalue weighted by molar-refractivity contribution is -0.133. The van der Waals surface area contributed by atoms with Crippen molar-refractivity contribution in [2.24, 2.45) is 0 Å². The summed E-state index contributed by atoms with van der Waals surface area (Å²) in [5.74, 6) is -0.114. The number of anilines is 1. The summed E-state index contributed by atoms with van der Waals surface area (Å²) in [7, 11) is 0. The van der Waals surface area contributed by atoms with E-state index in [0.717, 1.165) is 11.3 Å². The molecule has 1 N–H and O–H groups in total. The molecule has 3 rings (SSSR count). The van der Waals surface area contributed by atoms with E-state index in [1.54, 1.807) is 17.2 Å². The summed E-state index contributed by atoms with van der Waals surface area (Å²) in [5.41, 5.74) is 2.58. The zero-order valence-electron chi connectivity index (χ0n) is 13.0. The monoisotopic (exact) mass is 309 g/mol. The lowest BCUT2D eigenvalue weighted by Gasteiger charge is -2.24. The molecule has 1 atom stereocenters. The summed E-state index contributed by atoms with van der Waals surface area (Å²) < 4.78 is 0. The Kier molecular flexibility index (Phi) is 4.37. The van der Waals surface area contributed by atoms with Crippen LogP contribution in [0.2, 0.25) is 0 Å². The first-order valence-corrected chi connectivity index (χ1v) is 7.70. The molecular formula is C18H19N3O2. The molecule has 1 aliphatic heterocycles. The standard InChI is InChI=1S/C18H19N3O2/c1-13-11-15(9-10-19-13)20-18(23)16-7-8-17(22)21(16)12-14-5-3-2-4-6-14/h2-6,9-11,16H,7-8,12H2,1H3,(H,19,20,23). The van der Waals surface area contributed by atoms with Crippen molar-refractivity contribution >= 4 is 17.5 Å². The lowest BCUT2D eigenvalue weighted by atomic mass is 10.1. The van der Waals surface area contributed by atoms with Gasteiger partial charge in [-0.1, -0.05) is 30.3 Å². The van der Waals surface area contributed by atoms with Gasteiger partial charge in [-0.25, -0.2) is 0 Å². The number of hydrogen-bond donors (Lipinski definition) is 1. The molecule has 2 amide bonds. The number of rotatable bonds is 4. The number of nitrogens with one attached hydrogen (secondary N) is 1. The predicted molar refractivity (Wildman–Crippen MR) is 87.6 cm³/mol. The molecule has 23 heavy (non-hydrogen) atoms. The van der Waals surface area contributed by atoms with Gasteiger partial charge in [0, 0.05) is 30.5 Å². The number of amides is 2. The highest BCUT2D eigenvalue weighted by Crippen LogP contribution is 2.23. The number of likely N-dealkylation sites (tertiary alicyclic amines) is 1. The first-order valence-electron chi connectivity index (χ1n) is 7.70. The minimum Gasteiger partial charge on any atom is -0.326 e. The van der Waals surface area contributed by atoms with Crippen molar-refractivity contribution in [3.05, 3.63) is 59.9 Å². The number of benzene rings is 1. The first-order chi connectivity index (χ1) is 11.1. The van der Waals surface area contributed by atoms with Crippen LogP contribution in [0.15, 0.2) is 48.7 Å². The summed E-state index contributed by atoms with van der Waals surface area (Å²) in [4.78, 5) is 30.5. The van der Waals surface area contributed by atoms with Crippen LogP contribution < -0.4 is 5.32 Å². The van der Waals surface area contributed by atoms with Gasteiger partial charge >= 0.3 is 0 Å². The highest BCUT2D eigenvalue weighted by molar-refractivity contribution is 5.99. The molecule has 1 aromatic heterocycles. The quantitative estimate of drug-likeness (QED) is 0.944. The van der Waals surface area contributed by atoms with Crippen LogP contribution in [0.4, 0.5) is 5.69 Å². The first kappa shape index (κ1) is 15.2. The second-order valence-electron chi connectivity index (χ2n) is 5.74. The van der Waals surface area contributed by atoms with Gasteiger partial charge in [0.05, 0.1) is 0 Å². The zero-order chi connectivity index (χ0) is 16.2. The van der Waals surface area contributed by atoms with E-state index in [1.807, 2.05) is 43.3 Å². The van der Waals surface area contributed by atoms with Crippen molar-refractivity contribution in [3.63, 3.8) is 0 Å². The Bertz CT molecular complexity index is 715. The summed E-state index contributed by atoms with van der Waals surface area (Å²) in [6.07, 6.45) is 2.63. The fraction of sp³-hybridized carbons (Fsp3) is 0.278. The number of carbonyl (C=O) groups is 2. The normalized spacial score (nSPS) is 17.3. The SMILES string of the molecule is Cc1cc(NC(=O)C2CCC(=O)N2Cc2ccccc2)ccn1. The number of hydrogen-bond acceptors (Lipinski definition) is 3. The number of carbonyl (C=O) groups excluding carboxylic acids is 2. The summed E-state index contributed by atoms with van der Waals surface area (Å²) >= 11 is 0. The molecule has 1 aromatic carbocycles. The third kappa shape index (κ3) is 3.56. The largest absolute Gasteiger partial charge is 0.326 e. The van der Waals surface area contributed by atoms with E-state index >= 15 is 0 Å². The van der Waals surface area contributed by atoms with E-state index in [1.165, 1.54) is 0 Å². The Labute approximate surface area is 135 Å². The molecule has 118 valence electrons. The van der Waals surface area contributed by atoms with Crippen molar-refractivity contribution < 1.29 is 9.59 Å². The molecule has 0 radical (unpaired) electrons. The molecule has 0 saturated carbocycles. The van der Waals surface area contributed by atoms with Gasteiger partial charge in [0.15, 0.2) is 0 Å². The fourth-order valence-corrected chi connectivity index (χ4v) is 2.83. The fourth-order valence-electron chi connectivity index (χ4n) is 2.83. The smallest absolute Gasteiger partial charge is 0.247 e. The van der Waals surface area contributed by atoms with Crippen molar-refractivity contribution in [2.45, 2.75) is 32.4 Å². The Morgan fingerprint density at radius 1 is 1.30 bits per heavy atom. The van der Waals surface area contributed by atoms with Crippen LogP contribution in [0.25, 0.3) is 0 Å². The van der Waals surface area contributed by atoms with E-state index in [4.69, 9.17) is 0 Å². The average molecular weight is 309 g/mol. The van der Waals surface area contributed by atoms with Crippen LogP contribution in [0.5, 0.6) is 0 Å². The van der Waals surface area contributed by atoms with Crippen molar-refractivity contribution in [3.8, 4) is 0 Å². The van der Waals surface area contributed by atoms with Crippen LogP contribution in [0, 0.1) is 6.92 Å². The Morgan fingerprint density at radius 2 is 2.09 bits per heavy atom.